The normalized spacial score (nSPS) is 15.5. The fourth-order valence-electron chi connectivity index (χ4n) is 5.56. The molecule has 5 heterocycles. The van der Waals surface area contributed by atoms with Crippen LogP contribution in [0.2, 0.25) is 10.0 Å². The van der Waals surface area contributed by atoms with Crippen LogP contribution >= 0.6 is 23.2 Å². The number of piperazine rings is 1. The molecule has 11 heteroatoms. The zero-order valence-electron chi connectivity index (χ0n) is 21.8. The Morgan fingerprint density at radius 2 is 1.82 bits per heavy atom. The van der Waals surface area contributed by atoms with Gasteiger partial charge in [0.1, 0.15) is 11.5 Å². The van der Waals surface area contributed by atoms with Gasteiger partial charge in [0, 0.05) is 75.3 Å². The molecule has 6 rings (SSSR count). The molecule has 0 saturated carbocycles. The lowest BCUT2D eigenvalue weighted by Crippen LogP contribution is -2.50. The van der Waals surface area contributed by atoms with Crippen LogP contribution in [0.3, 0.4) is 0 Å². The van der Waals surface area contributed by atoms with Crippen LogP contribution in [-0.4, -0.2) is 76.0 Å². The zero-order valence-corrected chi connectivity index (χ0v) is 23.3. The molecule has 202 valence electrons. The third-order valence-corrected chi connectivity index (χ3v) is 8.12. The maximum atomic E-state index is 13.3. The van der Waals surface area contributed by atoms with Crippen molar-refractivity contribution in [3.8, 4) is 11.3 Å². The standard InChI is InChI=1S/C28H30Cl2N8O/c1-2-35-8-3-4-19-5-6-20(14-23(19)35)26-28(38-9-7-31-17-24(38)34-26)33-18-25(39)36-10-12-37(13-11-36)27-21(29)15-32-16-22(27)30/h5-7,9,14-17,33H,2-4,8,10-13,18H2,1H3. The number of halogens is 2. The van der Waals surface area contributed by atoms with Gasteiger partial charge in [-0.05, 0) is 31.4 Å². The van der Waals surface area contributed by atoms with Crippen molar-refractivity contribution in [2.45, 2.75) is 19.8 Å². The molecule has 39 heavy (non-hydrogen) atoms. The molecule has 0 unspecified atom stereocenters. The van der Waals surface area contributed by atoms with E-state index in [1.807, 2.05) is 15.5 Å². The van der Waals surface area contributed by atoms with Crippen molar-refractivity contribution in [2.75, 3.05) is 60.9 Å². The lowest BCUT2D eigenvalue weighted by atomic mass is 9.98. The van der Waals surface area contributed by atoms with Crippen molar-refractivity contribution >= 4 is 51.9 Å². The Labute approximate surface area is 237 Å². The van der Waals surface area contributed by atoms with Gasteiger partial charge in [-0.1, -0.05) is 35.3 Å². The molecule has 0 atom stereocenters. The third kappa shape index (κ3) is 4.96. The Balaban J connectivity index is 1.20. The maximum Gasteiger partial charge on any atom is 0.242 e. The van der Waals surface area contributed by atoms with E-state index in [4.69, 9.17) is 28.2 Å². The van der Waals surface area contributed by atoms with Gasteiger partial charge in [-0.2, -0.15) is 0 Å². The first-order chi connectivity index (χ1) is 19.0. The van der Waals surface area contributed by atoms with Crippen LogP contribution in [0.1, 0.15) is 18.9 Å². The Kier molecular flexibility index (Phi) is 7.18. The first kappa shape index (κ1) is 25.7. The minimum atomic E-state index is 0.0270. The molecular weight excluding hydrogens is 535 g/mol. The van der Waals surface area contributed by atoms with Gasteiger partial charge in [-0.25, -0.2) is 4.98 Å². The fourth-order valence-corrected chi connectivity index (χ4v) is 6.16. The highest BCUT2D eigenvalue weighted by Gasteiger charge is 2.25. The van der Waals surface area contributed by atoms with Crippen molar-refractivity contribution in [3.05, 3.63) is 64.8 Å². The molecule has 0 spiro atoms. The topological polar surface area (TPSA) is 81.9 Å². The molecule has 1 fully saturated rings. The number of benzene rings is 1. The van der Waals surface area contributed by atoms with Crippen LogP contribution in [0.25, 0.3) is 16.9 Å². The van der Waals surface area contributed by atoms with E-state index in [1.165, 1.54) is 17.7 Å². The molecule has 4 aromatic rings. The third-order valence-electron chi connectivity index (χ3n) is 7.57. The lowest BCUT2D eigenvalue weighted by molar-refractivity contribution is -0.129. The molecule has 0 radical (unpaired) electrons. The minimum absolute atomic E-state index is 0.0270. The summed E-state index contributed by atoms with van der Waals surface area (Å²) in [5, 5.41) is 4.43. The average Bonchev–Trinajstić information content (AvgIpc) is 3.34. The van der Waals surface area contributed by atoms with Crippen molar-refractivity contribution in [1.29, 1.82) is 0 Å². The molecule has 1 saturated heterocycles. The highest BCUT2D eigenvalue weighted by atomic mass is 35.5. The van der Waals surface area contributed by atoms with E-state index in [-0.39, 0.29) is 12.5 Å². The van der Waals surface area contributed by atoms with E-state index in [0.29, 0.717) is 36.2 Å². The van der Waals surface area contributed by atoms with Crippen molar-refractivity contribution in [1.82, 2.24) is 24.3 Å². The van der Waals surface area contributed by atoms with Crippen molar-refractivity contribution < 1.29 is 4.79 Å². The second-order valence-electron chi connectivity index (χ2n) is 9.81. The number of nitrogens with one attached hydrogen (secondary N) is 1. The molecule has 2 aliphatic heterocycles. The Morgan fingerprint density at radius 3 is 2.59 bits per heavy atom. The number of carbonyl (C=O) groups excluding carboxylic acids is 1. The predicted molar refractivity (Wildman–Crippen MR) is 156 cm³/mol. The molecular formula is C28H30Cl2N8O. The fraction of sp³-hybridized carbons (Fsp3) is 0.357. The first-order valence-electron chi connectivity index (χ1n) is 13.3. The number of carbonyl (C=O) groups is 1. The SMILES string of the molecule is CCN1CCCc2ccc(-c3nc4cnccn4c3NCC(=O)N3CCN(c4c(Cl)cncc4Cl)CC3)cc21. The van der Waals surface area contributed by atoms with E-state index in [2.05, 4.69) is 50.2 Å². The number of nitrogens with zero attached hydrogens (tertiary/aromatic N) is 7. The molecule has 1 N–H and O–H groups in total. The van der Waals surface area contributed by atoms with Gasteiger partial charge in [0.05, 0.1) is 28.5 Å². The molecule has 1 amide bonds. The van der Waals surface area contributed by atoms with Crippen LogP contribution in [0, 0.1) is 0 Å². The van der Waals surface area contributed by atoms with Gasteiger partial charge >= 0.3 is 0 Å². The highest BCUT2D eigenvalue weighted by molar-refractivity contribution is 6.38. The quantitative estimate of drug-likeness (QED) is 0.365. The number of rotatable bonds is 6. The summed E-state index contributed by atoms with van der Waals surface area (Å²) in [5.74, 6) is 0.813. The Hall–Kier alpha value is -3.56. The van der Waals surface area contributed by atoms with Gasteiger partial charge < -0.3 is 20.0 Å². The summed E-state index contributed by atoms with van der Waals surface area (Å²) in [6.45, 7) is 6.83. The maximum absolute atomic E-state index is 13.3. The van der Waals surface area contributed by atoms with Gasteiger partial charge in [-0.15, -0.1) is 0 Å². The molecule has 0 bridgehead atoms. The minimum Gasteiger partial charge on any atom is -0.372 e. The first-order valence-corrected chi connectivity index (χ1v) is 14.0. The monoisotopic (exact) mass is 564 g/mol. The smallest absolute Gasteiger partial charge is 0.242 e. The highest BCUT2D eigenvalue weighted by Crippen LogP contribution is 2.35. The predicted octanol–water partition coefficient (Wildman–Crippen LogP) is 4.63. The van der Waals surface area contributed by atoms with E-state index in [0.717, 1.165) is 47.9 Å². The van der Waals surface area contributed by atoms with Crippen LogP contribution in [0.5, 0.6) is 0 Å². The van der Waals surface area contributed by atoms with E-state index >= 15 is 0 Å². The molecule has 2 aliphatic rings. The number of fused-ring (bicyclic) bond motifs is 2. The summed E-state index contributed by atoms with van der Waals surface area (Å²) in [4.78, 5) is 32.8. The molecule has 9 nitrogen and oxygen atoms in total. The number of aryl methyl sites for hydroxylation is 1. The van der Waals surface area contributed by atoms with E-state index in [1.54, 1.807) is 24.8 Å². The van der Waals surface area contributed by atoms with Gasteiger partial charge in [0.15, 0.2) is 5.65 Å². The van der Waals surface area contributed by atoms with Crippen molar-refractivity contribution in [2.24, 2.45) is 0 Å². The van der Waals surface area contributed by atoms with E-state index in [9.17, 15) is 4.79 Å². The summed E-state index contributed by atoms with van der Waals surface area (Å²) < 4.78 is 1.96. The largest absolute Gasteiger partial charge is 0.372 e. The second kappa shape index (κ2) is 10.9. The van der Waals surface area contributed by atoms with Crippen LogP contribution in [-0.2, 0) is 11.2 Å². The van der Waals surface area contributed by atoms with Gasteiger partial charge in [-0.3, -0.25) is 19.2 Å². The van der Waals surface area contributed by atoms with Crippen LogP contribution in [0.4, 0.5) is 17.2 Å². The number of anilines is 3. The Morgan fingerprint density at radius 1 is 1.03 bits per heavy atom. The number of amides is 1. The summed E-state index contributed by atoms with van der Waals surface area (Å²) >= 11 is 12.7. The summed E-state index contributed by atoms with van der Waals surface area (Å²) in [6, 6.07) is 6.58. The summed E-state index contributed by atoms with van der Waals surface area (Å²) in [7, 11) is 0. The van der Waals surface area contributed by atoms with Gasteiger partial charge in [0.2, 0.25) is 5.91 Å². The number of hydrogen-bond acceptors (Lipinski definition) is 7. The Bertz CT molecular complexity index is 1490. The summed E-state index contributed by atoms with van der Waals surface area (Å²) in [6.07, 6.45) is 10.8. The molecule has 0 aliphatic carbocycles. The molecule has 1 aromatic carbocycles. The van der Waals surface area contributed by atoms with Gasteiger partial charge in [0.25, 0.3) is 0 Å². The number of pyridine rings is 1. The zero-order chi connectivity index (χ0) is 26.9. The van der Waals surface area contributed by atoms with E-state index < -0.39 is 0 Å². The van der Waals surface area contributed by atoms with Crippen molar-refractivity contribution in [3.63, 3.8) is 0 Å². The van der Waals surface area contributed by atoms with Crippen LogP contribution in [0.15, 0.2) is 49.2 Å². The lowest BCUT2D eigenvalue weighted by Gasteiger charge is -2.36. The number of imidazole rings is 1. The van der Waals surface area contributed by atoms with Crippen LogP contribution < -0.4 is 15.1 Å². The molecule has 3 aromatic heterocycles. The second-order valence-corrected chi connectivity index (χ2v) is 10.6. The number of aromatic nitrogens is 4. The number of hydrogen-bond donors (Lipinski definition) is 1. The summed E-state index contributed by atoms with van der Waals surface area (Å²) in [5.41, 5.74) is 5.97. The average molecular weight is 566 g/mol.